The molecule has 0 aliphatic carbocycles. The second-order valence-electron chi connectivity index (χ2n) is 10.1. The van der Waals surface area contributed by atoms with Crippen molar-refractivity contribution >= 4 is 40.0 Å². The van der Waals surface area contributed by atoms with Gasteiger partial charge in [-0.3, -0.25) is 9.69 Å². The van der Waals surface area contributed by atoms with Gasteiger partial charge in [0.1, 0.15) is 17.0 Å². The third-order valence-corrected chi connectivity index (χ3v) is 6.33. The van der Waals surface area contributed by atoms with E-state index in [4.69, 9.17) is 4.52 Å². The number of hydrogen-bond acceptors (Lipinski definition) is 9. The Balaban J connectivity index is 1.31. The Hall–Kier alpha value is -4.35. The number of fused-ring (bicyclic) bond motifs is 1. The normalized spacial score (nSPS) is 14.4. The zero-order valence-electron chi connectivity index (χ0n) is 21.8. The maximum atomic E-state index is 15.1. The number of aromatic nitrogens is 3. The Kier molecular flexibility index (Phi) is 7.27. The maximum Gasteiger partial charge on any atom is 0.247 e. The molecule has 1 amide bonds. The molecule has 1 fully saturated rings. The molecule has 0 bridgehead atoms. The molecule has 0 spiro atoms. The first kappa shape index (κ1) is 26.3. The van der Waals surface area contributed by atoms with Gasteiger partial charge < -0.3 is 25.2 Å². The summed E-state index contributed by atoms with van der Waals surface area (Å²) in [5.74, 6) is -0.409. The number of amides is 1. The lowest BCUT2D eigenvalue weighted by Gasteiger charge is -2.38. The molecule has 0 saturated carbocycles. The standard InChI is InChI=1S/C28H30FN7O3/c1-4-24(37)31-19-7-5-6-18(14-19)25-26-23(39-34-25)16-30-27(33-26)32-20-8-9-22(21(29)15-20)36-12-10-35(11-13-36)17-28(2,3)38/h4-9,14-16,38H,1,10-13,17H2,2-3H3,(H,31,37)(H,30,32,33). The van der Waals surface area contributed by atoms with E-state index in [2.05, 4.69) is 37.2 Å². The summed E-state index contributed by atoms with van der Waals surface area (Å²) in [5, 5.41) is 20.0. The van der Waals surface area contributed by atoms with Gasteiger partial charge >= 0.3 is 0 Å². The van der Waals surface area contributed by atoms with Crippen molar-refractivity contribution in [2.24, 2.45) is 0 Å². The second-order valence-corrected chi connectivity index (χ2v) is 10.1. The van der Waals surface area contributed by atoms with Crippen molar-refractivity contribution in [2.45, 2.75) is 19.4 Å². The van der Waals surface area contributed by atoms with Crippen molar-refractivity contribution in [3.8, 4) is 11.3 Å². The largest absolute Gasteiger partial charge is 0.389 e. The summed E-state index contributed by atoms with van der Waals surface area (Å²) < 4.78 is 20.5. The number of aliphatic hydroxyl groups is 1. The zero-order chi connectivity index (χ0) is 27.6. The van der Waals surface area contributed by atoms with E-state index in [1.165, 1.54) is 18.3 Å². The average Bonchev–Trinajstić information content (AvgIpc) is 3.32. The van der Waals surface area contributed by atoms with Crippen LogP contribution in [0.3, 0.4) is 0 Å². The van der Waals surface area contributed by atoms with Gasteiger partial charge in [0, 0.05) is 49.7 Å². The summed E-state index contributed by atoms with van der Waals surface area (Å²) in [7, 11) is 0. The van der Waals surface area contributed by atoms with Crippen LogP contribution in [0.25, 0.3) is 22.4 Å². The minimum atomic E-state index is -0.758. The molecule has 2 aromatic carbocycles. The molecule has 1 aliphatic rings. The summed E-state index contributed by atoms with van der Waals surface area (Å²) in [6.45, 7) is 10.5. The van der Waals surface area contributed by atoms with Crippen molar-refractivity contribution in [2.75, 3.05) is 48.3 Å². The van der Waals surface area contributed by atoms with Crippen LogP contribution in [0.15, 0.2) is 65.8 Å². The van der Waals surface area contributed by atoms with Gasteiger partial charge in [0.2, 0.25) is 17.4 Å². The summed E-state index contributed by atoms with van der Waals surface area (Å²) in [6.07, 6.45) is 2.70. The molecule has 39 heavy (non-hydrogen) atoms. The van der Waals surface area contributed by atoms with Crippen LogP contribution < -0.4 is 15.5 Å². The summed E-state index contributed by atoms with van der Waals surface area (Å²) in [6, 6.07) is 12.1. The van der Waals surface area contributed by atoms with E-state index in [0.717, 1.165) is 13.1 Å². The highest BCUT2D eigenvalue weighted by atomic mass is 19.1. The predicted molar refractivity (Wildman–Crippen MR) is 148 cm³/mol. The third kappa shape index (κ3) is 6.21. The van der Waals surface area contributed by atoms with Crippen molar-refractivity contribution < 1.29 is 18.8 Å². The van der Waals surface area contributed by atoms with Gasteiger partial charge in [-0.25, -0.2) is 14.4 Å². The van der Waals surface area contributed by atoms with E-state index in [9.17, 15) is 9.90 Å². The fourth-order valence-electron chi connectivity index (χ4n) is 4.60. The number of carbonyl (C=O) groups excluding carboxylic acids is 1. The summed E-state index contributed by atoms with van der Waals surface area (Å²) in [4.78, 5) is 24.7. The van der Waals surface area contributed by atoms with Crippen molar-refractivity contribution in [1.29, 1.82) is 0 Å². The molecule has 3 N–H and O–H groups in total. The van der Waals surface area contributed by atoms with Crippen LogP contribution in [0, 0.1) is 5.82 Å². The van der Waals surface area contributed by atoms with Crippen LogP contribution in [0.2, 0.25) is 0 Å². The monoisotopic (exact) mass is 531 g/mol. The molecular weight excluding hydrogens is 501 g/mol. The van der Waals surface area contributed by atoms with Crippen molar-refractivity contribution in [3.63, 3.8) is 0 Å². The number of rotatable bonds is 8. The van der Waals surface area contributed by atoms with E-state index in [1.807, 2.05) is 11.0 Å². The van der Waals surface area contributed by atoms with Gasteiger partial charge in [0.15, 0.2) is 0 Å². The number of benzene rings is 2. The molecule has 3 heterocycles. The molecule has 1 aliphatic heterocycles. The molecule has 5 rings (SSSR count). The summed E-state index contributed by atoms with van der Waals surface area (Å²) >= 11 is 0. The van der Waals surface area contributed by atoms with Gasteiger partial charge in [0.05, 0.1) is 17.5 Å². The Labute approximate surface area is 225 Å². The quantitative estimate of drug-likeness (QED) is 0.288. The topological polar surface area (TPSA) is 120 Å². The van der Waals surface area contributed by atoms with E-state index in [-0.39, 0.29) is 17.7 Å². The minimum Gasteiger partial charge on any atom is -0.389 e. The molecule has 0 atom stereocenters. The Morgan fingerprint density at radius 1 is 1.18 bits per heavy atom. The number of nitrogens with zero attached hydrogens (tertiary/aromatic N) is 5. The third-order valence-electron chi connectivity index (χ3n) is 6.33. The maximum absolute atomic E-state index is 15.1. The number of anilines is 4. The van der Waals surface area contributed by atoms with Crippen LogP contribution in [0.5, 0.6) is 0 Å². The van der Waals surface area contributed by atoms with Crippen LogP contribution in [0.4, 0.5) is 27.4 Å². The number of β-amino-alcohol motifs (C(OH)–C–C–N with tert-alkyl or cyclic N) is 1. The number of halogens is 1. The molecule has 10 nitrogen and oxygen atoms in total. The van der Waals surface area contributed by atoms with Gasteiger partial charge in [-0.1, -0.05) is 23.9 Å². The lowest BCUT2D eigenvalue weighted by Crippen LogP contribution is -2.50. The molecule has 202 valence electrons. The first-order chi connectivity index (χ1) is 18.7. The fraction of sp³-hybridized carbons (Fsp3) is 0.286. The molecule has 0 radical (unpaired) electrons. The van der Waals surface area contributed by atoms with E-state index >= 15 is 4.39 Å². The minimum absolute atomic E-state index is 0.260. The SMILES string of the molecule is C=CC(=O)Nc1cccc(-c2noc3cnc(Nc4ccc(N5CCN(CC(C)(C)O)CC5)c(F)c4)nc23)c1. The lowest BCUT2D eigenvalue weighted by molar-refractivity contribution is -0.111. The predicted octanol–water partition coefficient (Wildman–Crippen LogP) is 4.18. The molecule has 4 aromatic rings. The number of carbonyl (C=O) groups is 1. The highest BCUT2D eigenvalue weighted by Crippen LogP contribution is 2.30. The van der Waals surface area contributed by atoms with Gasteiger partial charge in [0.25, 0.3) is 0 Å². The molecule has 1 saturated heterocycles. The van der Waals surface area contributed by atoms with Gasteiger partial charge in [-0.05, 0) is 50.3 Å². The van der Waals surface area contributed by atoms with Crippen LogP contribution in [0.1, 0.15) is 13.8 Å². The molecule has 2 aromatic heterocycles. The average molecular weight is 532 g/mol. The van der Waals surface area contributed by atoms with E-state index in [1.54, 1.807) is 44.2 Å². The smallest absolute Gasteiger partial charge is 0.247 e. The van der Waals surface area contributed by atoms with Crippen molar-refractivity contribution in [3.05, 3.63) is 67.1 Å². The fourth-order valence-corrected chi connectivity index (χ4v) is 4.60. The molecular formula is C28H30FN7O3. The first-order valence-electron chi connectivity index (χ1n) is 12.6. The Morgan fingerprint density at radius 2 is 1.97 bits per heavy atom. The molecule has 11 heteroatoms. The Morgan fingerprint density at radius 3 is 2.69 bits per heavy atom. The van der Waals surface area contributed by atoms with Gasteiger partial charge in [-0.2, -0.15) is 0 Å². The molecule has 0 unspecified atom stereocenters. The highest BCUT2D eigenvalue weighted by molar-refractivity contribution is 5.99. The van der Waals surface area contributed by atoms with Gasteiger partial charge in [-0.15, -0.1) is 0 Å². The Bertz CT molecular complexity index is 1510. The van der Waals surface area contributed by atoms with Crippen LogP contribution in [-0.2, 0) is 4.79 Å². The van der Waals surface area contributed by atoms with E-state index in [0.29, 0.717) is 59.1 Å². The van der Waals surface area contributed by atoms with E-state index < -0.39 is 5.60 Å². The first-order valence-corrected chi connectivity index (χ1v) is 12.6. The number of hydrogen-bond donors (Lipinski definition) is 3. The lowest BCUT2D eigenvalue weighted by atomic mass is 10.1. The second kappa shape index (κ2) is 10.8. The van der Waals surface area contributed by atoms with Crippen LogP contribution >= 0.6 is 0 Å². The number of nitrogens with one attached hydrogen (secondary N) is 2. The van der Waals surface area contributed by atoms with Crippen molar-refractivity contribution in [1.82, 2.24) is 20.0 Å². The zero-order valence-corrected chi connectivity index (χ0v) is 21.8. The van der Waals surface area contributed by atoms with Crippen LogP contribution in [-0.4, -0.2) is 69.4 Å². The summed E-state index contributed by atoms with van der Waals surface area (Å²) in [5.41, 5.74) is 2.89. The highest BCUT2D eigenvalue weighted by Gasteiger charge is 2.24. The number of piperazine rings is 1.